The van der Waals surface area contributed by atoms with Crippen molar-refractivity contribution in [1.82, 2.24) is 34.6 Å². The average molecular weight is 740 g/mol. The number of rotatable bonds is 10. The summed E-state index contributed by atoms with van der Waals surface area (Å²) in [6.45, 7) is 1.52. The van der Waals surface area contributed by atoms with Gasteiger partial charge in [0.2, 0.25) is 17.8 Å². The van der Waals surface area contributed by atoms with Crippen molar-refractivity contribution in [2.75, 3.05) is 57.0 Å². The molecule has 3 saturated heterocycles. The van der Waals surface area contributed by atoms with E-state index in [9.17, 15) is 14.4 Å². The smallest absolute Gasteiger partial charge is 0.270 e. The Kier molecular flexibility index (Phi) is 9.80. The number of alkyl halides is 2. The Labute approximate surface area is 313 Å². The van der Waals surface area contributed by atoms with E-state index in [1.807, 2.05) is 46.2 Å². The van der Waals surface area contributed by atoms with Gasteiger partial charge in [-0.2, -0.15) is 4.98 Å². The molecule has 1 saturated carbocycles. The number of amides is 3. The first-order chi connectivity index (χ1) is 26.0. The Morgan fingerprint density at radius 1 is 0.944 bits per heavy atom. The number of piperidine rings is 2. The van der Waals surface area contributed by atoms with Crippen molar-refractivity contribution >= 4 is 46.2 Å². The molecule has 14 heteroatoms. The van der Waals surface area contributed by atoms with Gasteiger partial charge in [-0.3, -0.25) is 24.6 Å². The van der Waals surface area contributed by atoms with Gasteiger partial charge in [0.25, 0.3) is 11.8 Å². The molecular weight excluding hydrogens is 692 g/mol. The number of likely N-dealkylation sites (tertiary alicyclic amines) is 1. The van der Waals surface area contributed by atoms with Gasteiger partial charge < -0.3 is 19.7 Å². The molecule has 54 heavy (non-hydrogen) atoms. The molecule has 4 aliphatic rings. The van der Waals surface area contributed by atoms with Crippen LogP contribution < -0.4 is 15.5 Å². The Morgan fingerprint density at radius 3 is 2.33 bits per heavy atom. The van der Waals surface area contributed by atoms with Crippen LogP contribution in [0.5, 0.6) is 0 Å². The second-order valence-electron chi connectivity index (χ2n) is 15.6. The molecule has 2 N–H and O–H groups in total. The van der Waals surface area contributed by atoms with E-state index in [1.165, 1.54) is 0 Å². The highest BCUT2D eigenvalue weighted by atomic mass is 19.3. The molecule has 0 spiro atoms. The Hall–Kier alpha value is -4.98. The fraction of sp³-hybridized carbons (Fsp3) is 0.500. The Bertz CT molecular complexity index is 2010. The summed E-state index contributed by atoms with van der Waals surface area (Å²) in [6.07, 6.45) is 10.1. The highest BCUT2D eigenvalue weighted by Gasteiger charge is 2.48. The van der Waals surface area contributed by atoms with Crippen LogP contribution in [-0.4, -0.2) is 99.8 Å². The molecule has 1 atom stereocenters. The number of aromatic nitrogens is 4. The monoisotopic (exact) mass is 739 g/mol. The summed E-state index contributed by atoms with van der Waals surface area (Å²) in [5.74, 6) is -3.16. The lowest BCUT2D eigenvalue weighted by Gasteiger charge is -2.46. The van der Waals surface area contributed by atoms with Gasteiger partial charge in [-0.05, 0) is 80.4 Å². The minimum absolute atomic E-state index is 0.0631. The highest BCUT2D eigenvalue weighted by molar-refractivity contribution is 6.01. The van der Waals surface area contributed by atoms with Gasteiger partial charge in [-0.25, -0.2) is 18.7 Å². The normalized spacial score (nSPS) is 20.7. The first kappa shape index (κ1) is 36.0. The SMILES string of the molecule is CN(C)C(=O)c1cc2cnc(Nc3ccc(N4CC(C(F)(F)CN5CCC(c6ccc(C7CCC(=O)NC7=O)cc6)CC5)C4)cn3)nc2n1C1CCCC1. The Morgan fingerprint density at radius 2 is 1.67 bits per heavy atom. The molecule has 4 fully saturated rings. The number of imide groups is 1. The molecule has 1 aliphatic carbocycles. The Balaban J connectivity index is 0.828. The van der Waals surface area contributed by atoms with Crippen LogP contribution in [0.25, 0.3) is 11.0 Å². The van der Waals surface area contributed by atoms with Crippen molar-refractivity contribution in [3.8, 4) is 0 Å². The van der Waals surface area contributed by atoms with Gasteiger partial charge in [0.15, 0.2) is 0 Å². The molecule has 0 radical (unpaired) electrons. The van der Waals surface area contributed by atoms with Gasteiger partial charge in [0, 0.05) is 51.2 Å². The molecule has 8 rings (SSSR count). The standard InChI is InChI=1S/C40H47F2N9O3/c1-48(2)38(54)33-19-28-20-44-39(47-36(28)51(33)30-5-3-4-6-30)45-34-13-11-31(21-43-34)50-22-29(23-50)40(41,42)24-49-17-15-26(16-18-49)25-7-9-27(10-8-25)32-12-14-35(52)46-37(32)53/h7-11,13,19-21,26,29-30,32H,3-6,12,14-18,22-24H2,1-2H3,(H,46,52,53)(H,43,44,45,47). The zero-order chi connectivity index (χ0) is 37.6. The molecule has 1 unspecified atom stereocenters. The molecule has 3 aliphatic heterocycles. The zero-order valence-electron chi connectivity index (χ0n) is 30.8. The van der Waals surface area contributed by atoms with E-state index in [0.29, 0.717) is 49.3 Å². The summed E-state index contributed by atoms with van der Waals surface area (Å²) in [5, 5.41) is 6.41. The number of pyridine rings is 1. The first-order valence-electron chi connectivity index (χ1n) is 19.1. The molecule has 4 aromatic rings. The highest BCUT2D eigenvalue weighted by Crippen LogP contribution is 2.39. The second kappa shape index (κ2) is 14.7. The fourth-order valence-electron chi connectivity index (χ4n) is 8.58. The van der Waals surface area contributed by atoms with Gasteiger partial charge in [-0.1, -0.05) is 37.1 Å². The number of carbonyl (C=O) groups excluding carboxylic acids is 3. The lowest BCUT2D eigenvalue weighted by atomic mass is 9.85. The number of hydrogen-bond acceptors (Lipinski definition) is 9. The van der Waals surface area contributed by atoms with Crippen molar-refractivity contribution in [3.63, 3.8) is 0 Å². The molecule has 3 amide bonds. The molecule has 12 nitrogen and oxygen atoms in total. The lowest BCUT2D eigenvalue weighted by molar-refractivity contribution is -0.134. The molecule has 284 valence electrons. The van der Waals surface area contributed by atoms with Gasteiger partial charge in [0.1, 0.15) is 17.2 Å². The lowest BCUT2D eigenvalue weighted by Crippen LogP contribution is -2.58. The van der Waals surface area contributed by atoms with Crippen LogP contribution in [0, 0.1) is 5.92 Å². The van der Waals surface area contributed by atoms with Crippen LogP contribution in [0.4, 0.5) is 26.2 Å². The quantitative estimate of drug-likeness (QED) is 0.192. The van der Waals surface area contributed by atoms with E-state index in [0.717, 1.165) is 66.4 Å². The third-order valence-electron chi connectivity index (χ3n) is 11.8. The van der Waals surface area contributed by atoms with E-state index in [4.69, 9.17) is 4.98 Å². The van der Waals surface area contributed by atoms with Crippen LogP contribution in [0.2, 0.25) is 0 Å². The third-order valence-corrected chi connectivity index (χ3v) is 11.8. The number of hydrogen-bond donors (Lipinski definition) is 2. The van der Waals surface area contributed by atoms with E-state index < -0.39 is 11.8 Å². The van der Waals surface area contributed by atoms with Crippen LogP contribution in [0.3, 0.4) is 0 Å². The minimum Gasteiger partial charge on any atom is -0.369 e. The predicted molar refractivity (Wildman–Crippen MR) is 201 cm³/mol. The van der Waals surface area contributed by atoms with Crippen molar-refractivity contribution in [1.29, 1.82) is 0 Å². The maximum atomic E-state index is 15.5. The van der Waals surface area contributed by atoms with Crippen LogP contribution in [0.1, 0.15) is 90.9 Å². The summed E-state index contributed by atoms with van der Waals surface area (Å²) in [7, 11) is 3.50. The van der Waals surface area contributed by atoms with Crippen molar-refractivity contribution in [2.24, 2.45) is 5.92 Å². The summed E-state index contributed by atoms with van der Waals surface area (Å²) in [4.78, 5) is 56.0. The second-order valence-corrected chi connectivity index (χ2v) is 15.6. The van der Waals surface area contributed by atoms with E-state index >= 15 is 8.78 Å². The van der Waals surface area contributed by atoms with Crippen molar-refractivity contribution < 1.29 is 23.2 Å². The number of benzene rings is 1. The number of halogens is 2. The summed E-state index contributed by atoms with van der Waals surface area (Å²) in [6, 6.07) is 13.8. The van der Waals surface area contributed by atoms with Gasteiger partial charge in [-0.15, -0.1) is 0 Å². The number of fused-ring (bicyclic) bond motifs is 1. The largest absolute Gasteiger partial charge is 0.369 e. The van der Waals surface area contributed by atoms with Crippen LogP contribution in [-0.2, 0) is 9.59 Å². The fourth-order valence-corrected chi connectivity index (χ4v) is 8.58. The third kappa shape index (κ3) is 7.27. The van der Waals surface area contributed by atoms with Crippen LogP contribution in [0.15, 0.2) is 54.9 Å². The maximum absolute atomic E-state index is 15.5. The van der Waals surface area contributed by atoms with Crippen molar-refractivity contribution in [3.05, 3.63) is 71.7 Å². The van der Waals surface area contributed by atoms with Gasteiger partial charge >= 0.3 is 0 Å². The molecular formula is C40H47F2N9O3. The maximum Gasteiger partial charge on any atom is 0.270 e. The van der Waals surface area contributed by atoms with E-state index in [-0.39, 0.29) is 49.3 Å². The van der Waals surface area contributed by atoms with E-state index in [2.05, 4.69) is 25.2 Å². The minimum atomic E-state index is -2.80. The van der Waals surface area contributed by atoms with E-state index in [1.54, 1.807) is 37.5 Å². The molecule has 3 aromatic heterocycles. The number of nitrogens with zero attached hydrogens (tertiary/aromatic N) is 7. The molecule has 0 bridgehead atoms. The first-order valence-corrected chi connectivity index (χ1v) is 19.1. The number of anilines is 3. The average Bonchev–Trinajstić information content (AvgIpc) is 3.80. The number of carbonyl (C=O) groups is 3. The summed E-state index contributed by atoms with van der Waals surface area (Å²) >= 11 is 0. The number of nitrogens with one attached hydrogen (secondary N) is 2. The zero-order valence-corrected chi connectivity index (χ0v) is 30.8. The topological polar surface area (TPSA) is 129 Å². The molecule has 1 aromatic carbocycles. The summed E-state index contributed by atoms with van der Waals surface area (Å²) in [5.41, 5.74) is 4.19. The predicted octanol–water partition coefficient (Wildman–Crippen LogP) is 5.86. The summed E-state index contributed by atoms with van der Waals surface area (Å²) < 4.78 is 33.0. The van der Waals surface area contributed by atoms with Crippen molar-refractivity contribution in [2.45, 2.75) is 75.2 Å². The van der Waals surface area contributed by atoms with Gasteiger partial charge in [0.05, 0.1) is 30.3 Å². The van der Waals surface area contributed by atoms with Crippen LogP contribution >= 0.6 is 0 Å². The molecule has 6 heterocycles.